The van der Waals surface area contributed by atoms with E-state index in [0.29, 0.717) is 6.42 Å². The van der Waals surface area contributed by atoms with Crippen molar-refractivity contribution in [3.05, 3.63) is 0 Å². The maximum Gasteiger partial charge on any atom is 0.297 e. The molecule has 0 aliphatic rings. The number of aliphatic carboxylic acids is 1. The van der Waals surface area contributed by atoms with Crippen LogP contribution < -0.4 is 0 Å². The van der Waals surface area contributed by atoms with E-state index in [1.165, 1.54) is 0 Å². The molecule has 38 valence electrons. The van der Waals surface area contributed by atoms with Gasteiger partial charge in [0.1, 0.15) is 0 Å². The van der Waals surface area contributed by atoms with Gasteiger partial charge < -0.3 is 5.11 Å². The second-order valence-corrected chi connectivity index (χ2v) is 1.35. The number of carboxylic acid groups (broad SMARTS) is 1. The minimum absolute atomic E-state index is 0.495. The Labute approximate surface area is 43.9 Å². The molecule has 2 nitrogen and oxygen atoms in total. The lowest BCUT2D eigenvalue weighted by molar-refractivity contribution is -0.136. The van der Waals surface area contributed by atoms with Crippen LogP contribution in [-0.4, -0.2) is 18.9 Å². The van der Waals surface area contributed by atoms with E-state index in [9.17, 15) is 4.79 Å². The quantitative estimate of drug-likeness (QED) is 0.508. The first kappa shape index (κ1) is 6.53. The molecule has 0 rings (SSSR count). The molecule has 0 amide bonds. The highest BCUT2D eigenvalue weighted by Crippen LogP contribution is 2.01. The molecule has 0 fully saturated rings. The summed E-state index contributed by atoms with van der Waals surface area (Å²) in [6.45, 7) is 1.73. The summed E-state index contributed by atoms with van der Waals surface area (Å²) in [6, 6.07) is 0. The number of hydrogen-bond donors (Lipinski definition) is 1. The summed E-state index contributed by atoms with van der Waals surface area (Å²) in [5, 5.41) is 8.06. The fraction of sp³-hybridized carbons (Fsp3) is 0.750. The molecule has 0 aromatic heterocycles. The highest BCUT2D eigenvalue weighted by Gasteiger charge is 2.04. The Hall–Kier alpha value is -0.465. The maximum atomic E-state index is 9.81. The Bertz CT molecular complexity index is 72.1. The molecular weight excluding hydrogens is 90.9 g/mol. The normalized spacial score (nSPS) is 13.3. The van der Waals surface area contributed by atoms with Crippen LogP contribution in [0, 0.1) is 0 Å². The van der Waals surface area contributed by atoms with Gasteiger partial charge in [0.15, 0.2) is 0 Å². The molecule has 0 saturated heterocycles. The van der Waals surface area contributed by atoms with Gasteiger partial charge in [0.2, 0.25) is 0 Å². The zero-order valence-corrected chi connectivity index (χ0v) is 4.22. The van der Waals surface area contributed by atoms with E-state index in [2.05, 4.69) is 0 Å². The smallest absolute Gasteiger partial charge is 0.297 e. The third-order valence-electron chi connectivity index (χ3n) is 0.757. The van der Waals surface area contributed by atoms with Crippen LogP contribution in [-0.2, 0) is 4.79 Å². The lowest BCUT2D eigenvalue weighted by Crippen LogP contribution is -2.04. The van der Waals surface area contributed by atoms with E-state index >= 15 is 0 Å². The van der Waals surface area contributed by atoms with Crippen molar-refractivity contribution < 1.29 is 9.90 Å². The molecule has 0 bridgehead atoms. The molecule has 0 aromatic rings. The zero-order chi connectivity index (χ0) is 5.86. The minimum Gasteiger partial charge on any atom is -0.482 e. The van der Waals surface area contributed by atoms with Gasteiger partial charge in [-0.05, 0) is 0 Å². The molecule has 3 heteroatoms. The summed E-state index contributed by atoms with van der Waals surface area (Å²) >= 11 is 0. The van der Waals surface area contributed by atoms with Crippen LogP contribution in [0.15, 0.2) is 0 Å². The van der Waals surface area contributed by atoms with Gasteiger partial charge in [-0.3, -0.25) is 4.79 Å². The van der Waals surface area contributed by atoms with Crippen LogP contribution in [0.2, 0.25) is 5.82 Å². The molecule has 0 aliphatic carbocycles. The third-order valence-corrected chi connectivity index (χ3v) is 0.757. The summed E-state index contributed by atoms with van der Waals surface area (Å²) in [5.41, 5.74) is 0. The fourth-order valence-corrected chi connectivity index (χ4v) is 0.175. The zero-order valence-electron chi connectivity index (χ0n) is 4.22. The van der Waals surface area contributed by atoms with E-state index in [4.69, 9.17) is 13.0 Å². The second-order valence-electron chi connectivity index (χ2n) is 1.35. The Morgan fingerprint density at radius 2 is 2.43 bits per heavy atom. The molecule has 0 spiro atoms. The standard InChI is InChI=1S/C4H7BO2/c1-2-3(5)4(6)7/h3H,2H2,1H3,(H,6,7). The Morgan fingerprint density at radius 3 is 2.43 bits per heavy atom. The fourth-order valence-electron chi connectivity index (χ4n) is 0.175. The second kappa shape index (κ2) is 2.67. The van der Waals surface area contributed by atoms with Gasteiger partial charge >= 0.3 is 0 Å². The first-order valence-electron chi connectivity index (χ1n) is 2.17. The van der Waals surface area contributed by atoms with Crippen LogP contribution in [0.1, 0.15) is 13.3 Å². The van der Waals surface area contributed by atoms with Gasteiger partial charge in [-0.25, -0.2) is 0 Å². The van der Waals surface area contributed by atoms with Crippen molar-refractivity contribution in [2.24, 2.45) is 0 Å². The molecule has 7 heavy (non-hydrogen) atoms. The monoisotopic (exact) mass is 98.1 g/mol. The van der Waals surface area contributed by atoms with Crippen molar-refractivity contribution in [1.29, 1.82) is 0 Å². The number of carboxylic acids is 1. The van der Waals surface area contributed by atoms with Crippen LogP contribution >= 0.6 is 0 Å². The molecule has 1 N–H and O–H groups in total. The lowest BCUT2D eigenvalue weighted by atomic mass is 9.85. The number of carbonyl (C=O) groups is 1. The van der Waals surface area contributed by atoms with Crippen LogP contribution in [0.5, 0.6) is 0 Å². The Morgan fingerprint density at radius 1 is 2.00 bits per heavy atom. The molecule has 0 heterocycles. The molecule has 1 unspecified atom stereocenters. The highest BCUT2D eigenvalue weighted by atomic mass is 16.4. The van der Waals surface area contributed by atoms with E-state index < -0.39 is 11.8 Å². The summed E-state index contributed by atoms with van der Waals surface area (Å²) in [4.78, 5) is 9.81. The van der Waals surface area contributed by atoms with Gasteiger partial charge in [0.05, 0.1) is 7.85 Å². The number of rotatable bonds is 2. The third kappa shape index (κ3) is 2.26. The Kier molecular flexibility index (Phi) is 2.49. The summed E-state index contributed by atoms with van der Waals surface area (Å²) in [6.07, 6.45) is 0.495. The SMILES string of the molecule is [B]C(CC)C(=O)O. The maximum absolute atomic E-state index is 9.81. The van der Waals surface area contributed by atoms with Gasteiger partial charge in [-0.2, -0.15) is 0 Å². The molecule has 0 aromatic carbocycles. The first-order chi connectivity index (χ1) is 3.18. The van der Waals surface area contributed by atoms with Crippen molar-refractivity contribution in [3.63, 3.8) is 0 Å². The van der Waals surface area contributed by atoms with Crippen molar-refractivity contribution in [1.82, 2.24) is 0 Å². The van der Waals surface area contributed by atoms with E-state index in [1.807, 2.05) is 0 Å². The molecule has 0 aliphatic heterocycles. The molecule has 2 radical (unpaired) electrons. The molecule has 1 atom stereocenters. The van der Waals surface area contributed by atoms with Crippen molar-refractivity contribution in [2.45, 2.75) is 19.2 Å². The van der Waals surface area contributed by atoms with Crippen LogP contribution in [0.4, 0.5) is 0 Å². The van der Waals surface area contributed by atoms with Crippen molar-refractivity contribution in [3.8, 4) is 0 Å². The first-order valence-corrected chi connectivity index (χ1v) is 2.17. The van der Waals surface area contributed by atoms with E-state index in [0.717, 1.165) is 0 Å². The summed E-state index contributed by atoms with van der Waals surface area (Å²) < 4.78 is 0. The Balaban J connectivity index is 3.34. The topological polar surface area (TPSA) is 37.3 Å². The predicted octanol–water partition coefficient (Wildman–Crippen LogP) is 0.438. The van der Waals surface area contributed by atoms with Crippen LogP contribution in [0.25, 0.3) is 0 Å². The largest absolute Gasteiger partial charge is 0.482 e. The summed E-state index contributed by atoms with van der Waals surface area (Å²) in [7, 11) is 5.02. The number of hydrogen-bond acceptors (Lipinski definition) is 1. The highest BCUT2D eigenvalue weighted by molar-refractivity contribution is 6.22. The van der Waals surface area contributed by atoms with Crippen molar-refractivity contribution in [2.75, 3.05) is 0 Å². The van der Waals surface area contributed by atoms with Gasteiger partial charge in [-0.15, -0.1) is 0 Å². The van der Waals surface area contributed by atoms with E-state index in [1.54, 1.807) is 6.92 Å². The molecule has 0 saturated carbocycles. The van der Waals surface area contributed by atoms with Gasteiger partial charge in [0, 0.05) is 5.82 Å². The van der Waals surface area contributed by atoms with Gasteiger partial charge in [0.25, 0.3) is 5.97 Å². The summed E-state index contributed by atoms with van der Waals surface area (Å²) in [5.74, 6) is -1.61. The predicted molar refractivity (Wildman–Crippen MR) is 27.4 cm³/mol. The average Bonchev–Trinajstić information content (AvgIpc) is 1.65. The van der Waals surface area contributed by atoms with Gasteiger partial charge in [-0.1, -0.05) is 13.3 Å². The average molecular weight is 97.9 g/mol. The van der Waals surface area contributed by atoms with E-state index in [-0.39, 0.29) is 0 Å². The van der Waals surface area contributed by atoms with Crippen LogP contribution in [0.3, 0.4) is 0 Å². The minimum atomic E-state index is -0.928. The van der Waals surface area contributed by atoms with Crippen molar-refractivity contribution >= 4 is 13.8 Å². The molecular formula is C4H7BO2. The lowest BCUT2D eigenvalue weighted by Gasteiger charge is -1.96.